The molecule has 35 heavy (non-hydrogen) atoms. The van der Waals surface area contributed by atoms with Crippen LogP contribution in [0.5, 0.6) is 5.88 Å². The van der Waals surface area contributed by atoms with E-state index < -0.39 is 11.9 Å². The van der Waals surface area contributed by atoms with Crippen LogP contribution in [0.2, 0.25) is 0 Å². The van der Waals surface area contributed by atoms with Crippen molar-refractivity contribution in [3.8, 4) is 17.0 Å². The highest BCUT2D eigenvalue weighted by molar-refractivity contribution is 6.04. The lowest BCUT2D eigenvalue weighted by Crippen LogP contribution is -2.32. The van der Waals surface area contributed by atoms with Crippen molar-refractivity contribution in [3.63, 3.8) is 0 Å². The fourth-order valence-corrected chi connectivity index (χ4v) is 4.28. The van der Waals surface area contributed by atoms with Crippen molar-refractivity contribution in [1.29, 1.82) is 0 Å². The van der Waals surface area contributed by atoms with Gasteiger partial charge in [-0.05, 0) is 41.6 Å². The third kappa shape index (κ3) is 3.74. The van der Waals surface area contributed by atoms with Crippen LogP contribution in [0.3, 0.4) is 0 Å². The molecule has 0 spiro atoms. The highest BCUT2D eigenvalue weighted by atomic mass is 16.5. The number of ether oxygens (including phenoxy) is 1. The molecular weight excluding hydrogens is 446 g/mol. The van der Waals surface area contributed by atoms with Gasteiger partial charge in [0.05, 0.1) is 18.5 Å². The first-order valence-corrected chi connectivity index (χ1v) is 10.9. The molecule has 1 aromatic carbocycles. The highest BCUT2D eigenvalue weighted by Crippen LogP contribution is 2.29. The summed E-state index contributed by atoms with van der Waals surface area (Å²) >= 11 is 0. The number of aromatic nitrogens is 5. The lowest BCUT2D eigenvalue weighted by Gasteiger charge is -2.19. The number of nitrogens with two attached hydrogens (primary N) is 1. The molecule has 3 N–H and O–H groups in total. The van der Waals surface area contributed by atoms with Crippen LogP contribution in [-0.2, 0) is 7.05 Å². The molecule has 0 aliphatic heterocycles. The molecule has 0 aliphatic carbocycles. The summed E-state index contributed by atoms with van der Waals surface area (Å²) in [6, 6.07) is 12.4. The molecule has 5 aromatic rings. The summed E-state index contributed by atoms with van der Waals surface area (Å²) in [5.74, 6) is 0.123. The number of fused-ring (bicyclic) bond motifs is 2. The number of hydrogen-bond donors (Lipinski definition) is 2. The Bertz CT molecular complexity index is 1650. The topological polar surface area (TPSA) is 129 Å². The van der Waals surface area contributed by atoms with E-state index in [4.69, 9.17) is 10.5 Å². The third-order valence-electron chi connectivity index (χ3n) is 6.00. The van der Waals surface area contributed by atoms with E-state index in [9.17, 15) is 9.59 Å². The second-order valence-corrected chi connectivity index (χ2v) is 8.13. The number of methoxy groups -OCH3 is 1. The summed E-state index contributed by atoms with van der Waals surface area (Å²) in [6.45, 7) is 1.81. The van der Waals surface area contributed by atoms with E-state index in [2.05, 4.69) is 20.4 Å². The molecule has 10 heteroatoms. The molecule has 1 atom stereocenters. The standard InChI is InChI=1S/C25H23N7O3/c1-14(29-24(33)21-22(26)30-32-11-5-9-28-23(21)32)18-12-16-6-4-7-17(20(16)25(34)31(18)2)15-8-10-27-19(13-15)35-3/h4-14H,1-3H3,(H2,26,30)(H,29,33). The largest absolute Gasteiger partial charge is 0.481 e. The van der Waals surface area contributed by atoms with Gasteiger partial charge in [-0.3, -0.25) is 9.59 Å². The minimum Gasteiger partial charge on any atom is -0.481 e. The minimum atomic E-state index is -0.493. The van der Waals surface area contributed by atoms with Crippen LogP contribution in [0, 0.1) is 0 Å². The molecule has 4 heterocycles. The Kier molecular flexibility index (Phi) is 5.40. The van der Waals surface area contributed by atoms with Crippen LogP contribution < -0.4 is 21.3 Å². The number of pyridine rings is 2. The molecule has 10 nitrogen and oxygen atoms in total. The van der Waals surface area contributed by atoms with E-state index in [1.165, 1.54) is 4.52 Å². The Balaban J connectivity index is 1.55. The number of nitrogens with one attached hydrogen (secondary N) is 1. The first-order chi connectivity index (χ1) is 16.9. The predicted octanol–water partition coefficient (Wildman–Crippen LogP) is 2.73. The van der Waals surface area contributed by atoms with Crippen LogP contribution in [0.15, 0.2) is 65.8 Å². The molecule has 1 amide bonds. The van der Waals surface area contributed by atoms with Crippen molar-refractivity contribution in [1.82, 2.24) is 29.5 Å². The third-order valence-corrected chi connectivity index (χ3v) is 6.00. The van der Waals surface area contributed by atoms with Crippen LogP contribution in [0.1, 0.15) is 29.0 Å². The molecule has 0 saturated heterocycles. The second kappa shape index (κ2) is 8.56. The fourth-order valence-electron chi connectivity index (χ4n) is 4.28. The Hall–Kier alpha value is -4.73. The van der Waals surface area contributed by atoms with Crippen molar-refractivity contribution in [2.75, 3.05) is 12.8 Å². The van der Waals surface area contributed by atoms with Gasteiger partial charge < -0.3 is 20.4 Å². The molecule has 5 rings (SSSR count). The molecule has 0 saturated carbocycles. The number of carbonyl (C=O) groups excluding carboxylic acids is 1. The van der Waals surface area contributed by atoms with Crippen molar-refractivity contribution in [2.45, 2.75) is 13.0 Å². The van der Waals surface area contributed by atoms with E-state index in [-0.39, 0.29) is 16.9 Å². The van der Waals surface area contributed by atoms with E-state index in [0.717, 1.165) is 16.5 Å². The number of nitrogen functional groups attached to an aromatic ring is 1. The lowest BCUT2D eigenvalue weighted by molar-refractivity contribution is 0.0941. The quantitative estimate of drug-likeness (QED) is 0.405. The van der Waals surface area contributed by atoms with Crippen LogP contribution >= 0.6 is 0 Å². The van der Waals surface area contributed by atoms with Crippen molar-refractivity contribution < 1.29 is 9.53 Å². The van der Waals surface area contributed by atoms with Gasteiger partial charge in [0, 0.05) is 37.4 Å². The van der Waals surface area contributed by atoms with Gasteiger partial charge in [-0.2, -0.15) is 0 Å². The maximum atomic E-state index is 13.5. The fraction of sp³-hybridized carbons (Fsp3) is 0.160. The zero-order chi connectivity index (χ0) is 24.7. The lowest BCUT2D eigenvalue weighted by atomic mass is 9.98. The zero-order valence-corrected chi connectivity index (χ0v) is 19.4. The molecule has 0 bridgehead atoms. The van der Waals surface area contributed by atoms with Gasteiger partial charge in [0.1, 0.15) is 5.56 Å². The number of carbonyl (C=O) groups is 1. The average Bonchev–Trinajstić information content (AvgIpc) is 3.21. The average molecular weight is 470 g/mol. The van der Waals surface area contributed by atoms with Gasteiger partial charge in [0.25, 0.3) is 11.5 Å². The number of hydrogen-bond acceptors (Lipinski definition) is 7. The molecule has 0 fully saturated rings. The Morgan fingerprint density at radius 1 is 1.14 bits per heavy atom. The maximum Gasteiger partial charge on any atom is 0.259 e. The molecule has 1 unspecified atom stereocenters. The zero-order valence-electron chi connectivity index (χ0n) is 19.4. The van der Waals surface area contributed by atoms with E-state index in [1.807, 2.05) is 37.3 Å². The normalized spacial score (nSPS) is 12.1. The second-order valence-electron chi connectivity index (χ2n) is 8.13. The number of nitrogens with zero attached hydrogens (tertiary/aromatic N) is 5. The number of benzene rings is 1. The minimum absolute atomic E-state index is 0.0817. The smallest absolute Gasteiger partial charge is 0.259 e. The molecule has 0 aliphatic rings. The summed E-state index contributed by atoms with van der Waals surface area (Å²) in [6.07, 6.45) is 4.88. The predicted molar refractivity (Wildman–Crippen MR) is 132 cm³/mol. The van der Waals surface area contributed by atoms with Crippen molar-refractivity contribution in [3.05, 3.63) is 82.7 Å². The molecular formula is C25H23N7O3. The van der Waals surface area contributed by atoms with Crippen molar-refractivity contribution in [2.24, 2.45) is 7.05 Å². The number of anilines is 1. The van der Waals surface area contributed by atoms with Gasteiger partial charge in [-0.15, -0.1) is 5.10 Å². The Labute approximate surface area is 200 Å². The first kappa shape index (κ1) is 22.1. The van der Waals surface area contributed by atoms with Crippen LogP contribution in [-0.4, -0.2) is 37.2 Å². The molecule has 0 radical (unpaired) electrons. The van der Waals surface area contributed by atoms with Gasteiger partial charge in [-0.25, -0.2) is 14.5 Å². The van der Waals surface area contributed by atoms with E-state index in [1.54, 1.807) is 49.4 Å². The summed E-state index contributed by atoms with van der Waals surface area (Å²) in [5, 5.41) is 8.40. The van der Waals surface area contributed by atoms with Gasteiger partial charge in [0.15, 0.2) is 11.5 Å². The first-order valence-electron chi connectivity index (χ1n) is 10.9. The monoisotopic (exact) mass is 469 g/mol. The SMILES string of the molecule is COc1cc(-c2cccc3cc(C(C)NC(=O)c4c(N)nn5cccnc45)n(C)c(=O)c23)ccn1. The summed E-state index contributed by atoms with van der Waals surface area (Å²) in [7, 11) is 3.24. The van der Waals surface area contributed by atoms with Gasteiger partial charge in [0.2, 0.25) is 5.88 Å². The molecule has 4 aromatic heterocycles. The summed E-state index contributed by atoms with van der Waals surface area (Å²) < 4.78 is 8.24. The highest BCUT2D eigenvalue weighted by Gasteiger charge is 2.23. The summed E-state index contributed by atoms with van der Waals surface area (Å²) in [5.41, 5.74) is 8.60. The van der Waals surface area contributed by atoms with Crippen LogP contribution in [0.25, 0.3) is 27.5 Å². The Morgan fingerprint density at radius 3 is 2.77 bits per heavy atom. The van der Waals surface area contributed by atoms with Gasteiger partial charge >= 0.3 is 0 Å². The molecule has 176 valence electrons. The van der Waals surface area contributed by atoms with Crippen LogP contribution in [0.4, 0.5) is 5.82 Å². The van der Waals surface area contributed by atoms with E-state index in [0.29, 0.717) is 22.6 Å². The maximum absolute atomic E-state index is 13.5. The number of rotatable bonds is 5. The van der Waals surface area contributed by atoms with Gasteiger partial charge in [-0.1, -0.05) is 18.2 Å². The number of amides is 1. The van der Waals surface area contributed by atoms with E-state index >= 15 is 0 Å². The Morgan fingerprint density at radius 2 is 1.97 bits per heavy atom. The summed E-state index contributed by atoms with van der Waals surface area (Å²) in [4.78, 5) is 35.0. The van der Waals surface area contributed by atoms with Crippen molar-refractivity contribution >= 4 is 28.1 Å².